The predicted octanol–water partition coefficient (Wildman–Crippen LogP) is 4.69. The fourth-order valence-electron chi connectivity index (χ4n) is 4.48. The average Bonchev–Trinajstić information content (AvgIpc) is 2.90. The number of carbonyl (C=O) groups excluding carboxylic acids is 3. The van der Waals surface area contributed by atoms with E-state index in [0.29, 0.717) is 22.7 Å². The smallest absolute Gasteiger partial charge is 0.323 e. The number of nitrogens with zero attached hydrogens (tertiary/aromatic N) is 1. The minimum Gasteiger partial charge on any atom is -0.496 e. The van der Waals surface area contributed by atoms with Crippen LogP contribution in [0.4, 0.5) is 21.9 Å². The number of hydrogen-bond donors (Lipinski definition) is 4. The number of anilines is 3. The number of methoxy groups -OCH3 is 1. The van der Waals surface area contributed by atoms with Gasteiger partial charge in [-0.1, -0.05) is 30.3 Å². The zero-order chi connectivity index (χ0) is 26.9. The van der Waals surface area contributed by atoms with Gasteiger partial charge >= 0.3 is 6.03 Å². The lowest BCUT2D eigenvalue weighted by Gasteiger charge is -2.32. The van der Waals surface area contributed by atoms with Crippen molar-refractivity contribution in [3.05, 3.63) is 83.9 Å². The van der Waals surface area contributed by atoms with Crippen LogP contribution in [0.5, 0.6) is 5.75 Å². The number of urea groups is 1. The molecule has 198 valence electrons. The topological polar surface area (TPSA) is 112 Å². The fraction of sp³-hybridized carbons (Fsp3) is 0.276. The van der Waals surface area contributed by atoms with Gasteiger partial charge < -0.3 is 26.0 Å². The Balaban J connectivity index is 1.28. The number of carbonyl (C=O) groups is 3. The van der Waals surface area contributed by atoms with Crippen LogP contribution in [0.3, 0.4) is 0 Å². The number of ether oxygens (including phenoxy) is 1. The molecule has 0 radical (unpaired) electrons. The van der Waals surface area contributed by atoms with Gasteiger partial charge in [-0.25, -0.2) is 4.79 Å². The van der Waals surface area contributed by atoms with E-state index < -0.39 is 0 Å². The van der Waals surface area contributed by atoms with E-state index >= 15 is 0 Å². The number of para-hydroxylation sites is 1. The molecule has 0 saturated carbocycles. The molecule has 0 bridgehead atoms. The number of rotatable bonds is 8. The van der Waals surface area contributed by atoms with Crippen molar-refractivity contribution in [2.45, 2.75) is 32.4 Å². The van der Waals surface area contributed by atoms with Crippen molar-refractivity contribution in [2.24, 2.45) is 0 Å². The molecule has 3 aromatic rings. The second kappa shape index (κ2) is 12.7. The number of piperidine rings is 1. The fourth-order valence-corrected chi connectivity index (χ4v) is 4.48. The summed E-state index contributed by atoms with van der Waals surface area (Å²) in [6, 6.07) is 21.6. The molecule has 3 aromatic carbocycles. The third kappa shape index (κ3) is 7.57. The molecular formula is C29H33N5O4. The van der Waals surface area contributed by atoms with Crippen LogP contribution in [0, 0.1) is 0 Å². The summed E-state index contributed by atoms with van der Waals surface area (Å²) in [6.45, 7) is 3.99. The van der Waals surface area contributed by atoms with Gasteiger partial charge in [-0.15, -0.1) is 0 Å². The molecule has 0 atom stereocenters. The van der Waals surface area contributed by atoms with Crippen LogP contribution >= 0.6 is 0 Å². The minimum atomic E-state index is -0.385. The highest BCUT2D eigenvalue weighted by atomic mass is 16.5. The average molecular weight is 516 g/mol. The van der Waals surface area contributed by atoms with Crippen molar-refractivity contribution in [1.82, 2.24) is 10.2 Å². The van der Waals surface area contributed by atoms with Gasteiger partial charge in [0.25, 0.3) is 5.91 Å². The second-order valence-corrected chi connectivity index (χ2v) is 9.27. The molecule has 9 heteroatoms. The monoisotopic (exact) mass is 515 g/mol. The second-order valence-electron chi connectivity index (χ2n) is 9.27. The van der Waals surface area contributed by atoms with Crippen LogP contribution in [0.1, 0.15) is 35.7 Å². The Hall–Kier alpha value is -4.37. The molecular weight excluding hydrogens is 482 g/mol. The van der Waals surface area contributed by atoms with Crippen molar-refractivity contribution >= 4 is 34.9 Å². The first-order valence-electron chi connectivity index (χ1n) is 12.6. The third-order valence-electron chi connectivity index (χ3n) is 6.31. The normalized spacial score (nSPS) is 13.8. The quantitative estimate of drug-likeness (QED) is 0.348. The summed E-state index contributed by atoms with van der Waals surface area (Å²) in [5.74, 6) is 0.0925. The summed E-state index contributed by atoms with van der Waals surface area (Å²) in [7, 11) is 1.50. The molecule has 4 rings (SSSR count). The van der Waals surface area contributed by atoms with Crippen LogP contribution in [0.2, 0.25) is 0 Å². The van der Waals surface area contributed by atoms with Crippen molar-refractivity contribution in [1.29, 1.82) is 0 Å². The van der Waals surface area contributed by atoms with Crippen LogP contribution in [0.15, 0.2) is 72.8 Å². The first-order valence-corrected chi connectivity index (χ1v) is 12.6. The summed E-state index contributed by atoms with van der Waals surface area (Å²) in [5, 5.41) is 11.5. The van der Waals surface area contributed by atoms with E-state index in [9.17, 15) is 14.4 Å². The van der Waals surface area contributed by atoms with Crippen molar-refractivity contribution in [3.63, 3.8) is 0 Å². The van der Waals surface area contributed by atoms with Gasteiger partial charge in [-0.2, -0.15) is 0 Å². The van der Waals surface area contributed by atoms with E-state index in [1.54, 1.807) is 30.3 Å². The lowest BCUT2D eigenvalue weighted by atomic mass is 10.0. The largest absolute Gasteiger partial charge is 0.496 e. The summed E-state index contributed by atoms with van der Waals surface area (Å²) in [6.07, 6.45) is 1.66. The van der Waals surface area contributed by atoms with Crippen LogP contribution in [-0.4, -0.2) is 49.0 Å². The highest BCUT2D eigenvalue weighted by Crippen LogP contribution is 2.24. The molecule has 0 aliphatic carbocycles. The maximum absolute atomic E-state index is 13.0. The van der Waals surface area contributed by atoms with E-state index in [0.717, 1.165) is 43.7 Å². The Labute approximate surface area is 222 Å². The maximum Gasteiger partial charge on any atom is 0.323 e. The molecule has 9 nitrogen and oxygen atoms in total. The Kier molecular flexibility index (Phi) is 8.94. The number of benzene rings is 3. The Bertz CT molecular complexity index is 1270. The van der Waals surface area contributed by atoms with E-state index in [1.165, 1.54) is 14.0 Å². The van der Waals surface area contributed by atoms with Crippen LogP contribution in [0.25, 0.3) is 0 Å². The third-order valence-corrected chi connectivity index (χ3v) is 6.31. The van der Waals surface area contributed by atoms with Gasteiger partial charge in [-0.3, -0.25) is 14.5 Å². The van der Waals surface area contributed by atoms with Crippen LogP contribution in [-0.2, 0) is 11.3 Å². The van der Waals surface area contributed by atoms with E-state index in [4.69, 9.17) is 4.74 Å². The van der Waals surface area contributed by atoms with Gasteiger partial charge in [0.1, 0.15) is 5.75 Å². The number of likely N-dealkylation sites (tertiary alicyclic amines) is 1. The molecule has 0 aromatic heterocycles. The molecule has 38 heavy (non-hydrogen) atoms. The van der Waals surface area contributed by atoms with Gasteiger partial charge in [-0.05, 0) is 54.8 Å². The predicted molar refractivity (Wildman–Crippen MR) is 149 cm³/mol. The first kappa shape index (κ1) is 26.7. The lowest BCUT2D eigenvalue weighted by Crippen LogP contribution is -2.44. The Morgan fingerprint density at radius 1 is 0.842 bits per heavy atom. The van der Waals surface area contributed by atoms with Gasteiger partial charge in [0.05, 0.1) is 12.7 Å². The number of amides is 4. The molecule has 4 amide bonds. The molecule has 0 spiro atoms. The molecule has 1 fully saturated rings. The Morgan fingerprint density at radius 3 is 2.24 bits per heavy atom. The standard InChI is InChI=1S/C29H33N5O4/c1-20(35)30-24-10-6-7-21(17-24)19-34-15-13-23(14-16-34)31-28(36)26-12-11-25(18-27(26)38-2)33-29(37)32-22-8-4-3-5-9-22/h3-12,17-18,23H,13-16,19H2,1-2H3,(H,30,35)(H,31,36)(H2,32,33,37). The lowest BCUT2D eigenvalue weighted by molar-refractivity contribution is -0.114. The van der Waals surface area contributed by atoms with Crippen molar-refractivity contribution in [3.8, 4) is 5.75 Å². The summed E-state index contributed by atoms with van der Waals surface area (Å²) >= 11 is 0. The van der Waals surface area contributed by atoms with Gasteiger partial charge in [0.15, 0.2) is 0 Å². The van der Waals surface area contributed by atoms with E-state index in [-0.39, 0.29) is 23.9 Å². The summed E-state index contributed by atoms with van der Waals surface area (Å²) in [4.78, 5) is 39.0. The van der Waals surface area contributed by atoms with Crippen molar-refractivity contribution in [2.75, 3.05) is 36.1 Å². The highest BCUT2D eigenvalue weighted by Gasteiger charge is 2.23. The zero-order valence-corrected chi connectivity index (χ0v) is 21.6. The molecule has 1 saturated heterocycles. The molecule has 1 aliphatic heterocycles. The van der Waals surface area contributed by atoms with Crippen LogP contribution < -0.4 is 26.0 Å². The van der Waals surface area contributed by atoms with Gasteiger partial charge in [0.2, 0.25) is 5.91 Å². The van der Waals surface area contributed by atoms with E-state index in [2.05, 4.69) is 32.2 Å². The maximum atomic E-state index is 13.0. The molecule has 1 heterocycles. The van der Waals surface area contributed by atoms with Crippen molar-refractivity contribution < 1.29 is 19.1 Å². The number of nitrogens with one attached hydrogen (secondary N) is 4. The zero-order valence-electron chi connectivity index (χ0n) is 21.6. The summed E-state index contributed by atoms with van der Waals surface area (Å²) in [5.41, 5.74) is 3.54. The molecule has 1 aliphatic rings. The minimum absolute atomic E-state index is 0.0589. The number of hydrogen-bond acceptors (Lipinski definition) is 5. The first-order chi connectivity index (χ1) is 18.4. The van der Waals surface area contributed by atoms with E-state index in [1.807, 2.05) is 36.4 Å². The highest BCUT2D eigenvalue weighted by molar-refractivity contribution is 6.01. The SMILES string of the molecule is COc1cc(NC(=O)Nc2ccccc2)ccc1C(=O)NC1CCN(Cc2cccc(NC(C)=O)c2)CC1. The molecule has 0 unspecified atom stereocenters. The molecule has 4 N–H and O–H groups in total. The van der Waals surface area contributed by atoms with Gasteiger partial charge in [0, 0.05) is 55.7 Å². The Morgan fingerprint density at radius 2 is 1.53 bits per heavy atom. The summed E-state index contributed by atoms with van der Waals surface area (Å²) < 4.78 is 5.45.